The zero-order valence-electron chi connectivity index (χ0n) is 19.2. The van der Waals surface area contributed by atoms with Crippen molar-refractivity contribution in [3.63, 3.8) is 0 Å². The molecule has 172 valence electrons. The van der Waals surface area contributed by atoms with Gasteiger partial charge < -0.3 is 14.7 Å². The van der Waals surface area contributed by atoms with Gasteiger partial charge in [0.05, 0.1) is 11.1 Å². The summed E-state index contributed by atoms with van der Waals surface area (Å²) in [4.78, 5) is 58.1. The Labute approximate surface area is 193 Å². The highest BCUT2D eigenvalue weighted by Gasteiger charge is 2.41. The molecule has 4 amide bonds. The number of amides is 4. The lowest BCUT2D eigenvalue weighted by Gasteiger charge is -2.28. The summed E-state index contributed by atoms with van der Waals surface area (Å²) in [6.45, 7) is 3.35. The number of anilines is 1. The lowest BCUT2D eigenvalue weighted by Crippen LogP contribution is -2.50. The fraction of sp³-hybridized carbons (Fsp3) is 0.360. The predicted octanol–water partition coefficient (Wildman–Crippen LogP) is 2.11. The molecule has 0 radical (unpaired) electrons. The van der Waals surface area contributed by atoms with E-state index < -0.39 is 17.9 Å². The summed E-state index contributed by atoms with van der Waals surface area (Å²) in [7, 11) is 3.89. The quantitative estimate of drug-likeness (QED) is 0.670. The SMILES string of the molecule is CC(C(=O)N1CCCN(C(=O)c2ccc(N(C)C)cc2)CC1)N1C(=O)c2ccccc2C1=O. The highest BCUT2D eigenvalue weighted by atomic mass is 16.2. The van der Waals surface area contributed by atoms with Gasteiger partial charge in [0.25, 0.3) is 17.7 Å². The van der Waals surface area contributed by atoms with E-state index in [2.05, 4.69) is 0 Å². The van der Waals surface area contributed by atoms with Gasteiger partial charge in [-0.15, -0.1) is 0 Å². The van der Waals surface area contributed by atoms with Crippen LogP contribution in [0, 0.1) is 0 Å². The molecule has 8 heteroatoms. The summed E-state index contributed by atoms with van der Waals surface area (Å²) < 4.78 is 0. The number of hydrogen-bond donors (Lipinski definition) is 0. The van der Waals surface area contributed by atoms with E-state index in [1.165, 1.54) is 0 Å². The second kappa shape index (κ2) is 9.05. The van der Waals surface area contributed by atoms with E-state index in [1.807, 2.05) is 43.3 Å². The van der Waals surface area contributed by atoms with Crippen LogP contribution in [0.4, 0.5) is 5.69 Å². The second-order valence-corrected chi connectivity index (χ2v) is 8.61. The van der Waals surface area contributed by atoms with Crippen LogP contribution in [0.1, 0.15) is 44.4 Å². The Balaban J connectivity index is 1.41. The number of fused-ring (bicyclic) bond motifs is 1. The highest BCUT2D eigenvalue weighted by molar-refractivity contribution is 6.22. The maximum Gasteiger partial charge on any atom is 0.262 e. The van der Waals surface area contributed by atoms with E-state index in [1.54, 1.807) is 41.0 Å². The van der Waals surface area contributed by atoms with Crippen LogP contribution in [0.2, 0.25) is 0 Å². The third-order valence-electron chi connectivity index (χ3n) is 6.30. The van der Waals surface area contributed by atoms with E-state index in [4.69, 9.17) is 0 Å². The van der Waals surface area contributed by atoms with Gasteiger partial charge >= 0.3 is 0 Å². The molecule has 0 saturated carbocycles. The Morgan fingerprint density at radius 3 is 1.94 bits per heavy atom. The van der Waals surface area contributed by atoms with Gasteiger partial charge in [0.15, 0.2) is 0 Å². The van der Waals surface area contributed by atoms with Gasteiger partial charge in [-0.3, -0.25) is 24.1 Å². The molecule has 1 saturated heterocycles. The number of rotatable bonds is 4. The molecule has 2 aromatic carbocycles. The maximum absolute atomic E-state index is 13.2. The van der Waals surface area contributed by atoms with Crippen molar-refractivity contribution < 1.29 is 19.2 Å². The zero-order chi connectivity index (χ0) is 23.7. The van der Waals surface area contributed by atoms with Gasteiger partial charge in [-0.2, -0.15) is 0 Å². The van der Waals surface area contributed by atoms with Crippen molar-refractivity contribution >= 4 is 29.3 Å². The van der Waals surface area contributed by atoms with Gasteiger partial charge in [0.2, 0.25) is 5.91 Å². The third kappa shape index (κ3) is 4.20. The van der Waals surface area contributed by atoms with Crippen molar-refractivity contribution in [2.75, 3.05) is 45.2 Å². The molecule has 0 spiro atoms. The molecule has 8 nitrogen and oxygen atoms in total. The highest BCUT2D eigenvalue weighted by Crippen LogP contribution is 2.25. The van der Waals surface area contributed by atoms with Crippen molar-refractivity contribution in [2.24, 2.45) is 0 Å². The molecule has 4 rings (SSSR count). The second-order valence-electron chi connectivity index (χ2n) is 8.61. The number of hydrogen-bond acceptors (Lipinski definition) is 5. The van der Waals surface area contributed by atoms with Crippen LogP contribution >= 0.6 is 0 Å². The minimum atomic E-state index is -0.904. The maximum atomic E-state index is 13.2. The topological polar surface area (TPSA) is 81.2 Å². The molecule has 0 aliphatic carbocycles. The monoisotopic (exact) mass is 448 g/mol. The van der Waals surface area contributed by atoms with Crippen LogP contribution in [0.25, 0.3) is 0 Å². The molecule has 1 atom stereocenters. The number of nitrogens with zero attached hydrogens (tertiary/aromatic N) is 4. The van der Waals surface area contributed by atoms with Crippen molar-refractivity contribution in [3.8, 4) is 0 Å². The molecule has 2 aromatic rings. The molecular formula is C25H28N4O4. The molecule has 0 N–H and O–H groups in total. The Kier molecular flexibility index (Phi) is 6.18. The predicted molar refractivity (Wildman–Crippen MR) is 124 cm³/mol. The van der Waals surface area contributed by atoms with E-state index in [0.717, 1.165) is 10.6 Å². The summed E-state index contributed by atoms with van der Waals surface area (Å²) in [6, 6.07) is 13.2. The van der Waals surface area contributed by atoms with Crippen molar-refractivity contribution in [3.05, 3.63) is 65.2 Å². The molecule has 0 bridgehead atoms. The molecule has 33 heavy (non-hydrogen) atoms. The third-order valence-corrected chi connectivity index (χ3v) is 6.30. The van der Waals surface area contributed by atoms with Crippen LogP contribution in [0.15, 0.2) is 48.5 Å². The van der Waals surface area contributed by atoms with Gasteiger partial charge in [-0.05, 0) is 49.7 Å². The normalized spacial score (nSPS) is 17.0. The Morgan fingerprint density at radius 1 is 0.818 bits per heavy atom. The summed E-state index contributed by atoms with van der Waals surface area (Å²) in [5.74, 6) is -1.23. The average molecular weight is 449 g/mol. The number of imide groups is 1. The first-order valence-corrected chi connectivity index (χ1v) is 11.1. The van der Waals surface area contributed by atoms with Crippen molar-refractivity contribution in [1.29, 1.82) is 0 Å². The largest absolute Gasteiger partial charge is 0.378 e. The molecule has 1 unspecified atom stereocenters. The molecule has 1 fully saturated rings. The van der Waals surface area contributed by atoms with E-state index >= 15 is 0 Å². The van der Waals surface area contributed by atoms with Crippen LogP contribution in [0.3, 0.4) is 0 Å². The number of carbonyl (C=O) groups excluding carboxylic acids is 4. The minimum absolute atomic E-state index is 0.0667. The molecular weight excluding hydrogens is 420 g/mol. The standard InChI is InChI=1S/C25H28N4O4/c1-17(29-24(32)20-7-4-5-8-21(20)25(29)33)22(30)27-13-6-14-28(16-15-27)23(31)18-9-11-19(12-10-18)26(2)3/h4-5,7-12,17H,6,13-16H2,1-3H3. The summed E-state index contributed by atoms with van der Waals surface area (Å²) in [5, 5.41) is 0. The fourth-order valence-corrected chi connectivity index (χ4v) is 4.36. The smallest absolute Gasteiger partial charge is 0.262 e. The first-order valence-electron chi connectivity index (χ1n) is 11.1. The molecule has 2 aliphatic heterocycles. The van der Waals surface area contributed by atoms with E-state index in [0.29, 0.717) is 49.3 Å². The van der Waals surface area contributed by atoms with Gasteiger partial charge in [-0.1, -0.05) is 12.1 Å². The fourth-order valence-electron chi connectivity index (χ4n) is 4.36. The van der Waals surface area contributed by atoms with Crippen LogP contribution in [-0.2, 0) is 4.79 Å². The van der Waals surface area contributed by atoms with Crippen molar-refractivity contribution in [1.82, 2.24) is 14.7 Å². The van der Waals surface area contributed by atoms with Crippen LogP contribution in [-0.4, -0.2) is 84.6 Å². The van der Waals surface area contributed by atoms with Gasteiger partial charge in [0.1, 0.15) is 6.04 Å². The van der Waals surface area contributed by atoms with E-state index in [-0.39, 0.29) is 11.8 Å². The first-order chi connectivity index (χ1) is 15.8. The number of benzene rings is 2. The zero-order valence-corrected chi connectivity index (χ0v) is 19.2. The first kappa shape index (κ1) is 22.5. The average Bonchev–Trinajstić information content (AvgIpc) is 2.98. The lowest BCUT2D eigenvalue weighted by molar-refractivity contribution is -0.134. The lowest BCUT2D eigenvalue weighted by atomic mass is 10.1. The molecule has 2 aliphatic rings. The van der Waals surface area contributed by atoms with Gasteiger partial charge in [-0.25, -0.2) is 0 Å². The summed E-state index contributed by atoms with van der Waals surface area (Å²) >= 11 is 0. The summed E-state index contributed by atoms with van der Waals surface area (Å²) in [6.07, 6.45) is 0.627. The van der Waals surface area contributed by atoms with Crippen LogP contribution < -0.4 is 4.90 Å². The minimum Gasteiger partial charge on any atom is -0.378 e. The van der Waals surface area contributed by atoms with E-state index in [9.17, 15) is 19.2 Å². The Morgan fingerprint density at radius 2 is 1.36 bits per heavy atom. The Bertz CT molecular complexity index is 1060. The molecule has 2 heterocycles. The Hall–Kier alpha value is -3.68. The van der Waals surface area contributed by atoms with Crippen LogP contribution in [0.5, 0.6) is 0 Å². The molecule has 0 aromatic heterocycles. The number of carbonyl (C=O) groups is 4. The summed E-state index contributed by atoms with van der Waals surface area (Å²) in [5.41, 5.74) is 2.28. The van der Waals surface area contributed by atoms with Crippen molar-refractivity contribution in [2.45, 2.75) is 19.4 Å². The van der Waals surface area contributed by atoms with Gasteiger partial charge in [0, 0.05) is 51.5 Å².